The van der Waals surface area contributed by atoms with Crippen LogP contribution in [0.3, 0.4) is 0 Å². The van der Waals surface area contributed by atoms with Gasteiger partial charge in [-0.3, -0.25) is 9.69 Å². The van der Waals surface area contributed by atoms with Crippen molar-refractivity contribution < 1.29 is 14.3 Å². The zero-order chi connectivity index (χ0) is 22.8. The van der Waals surface area contributed by atoms with Crippen molar-refractivity contribution in [2.45, 2.75) is 26.4 Å². The zero-order valence-electron chi connectivity index (χ0n) is 18.5. The van der Waals surface area contributed by atoms with Gasteiger partial charge in [-0.1, -0.05) is 12.1 Å². The van der Waals surface area contributed by atoms with Crippen molar-refractivity contribution in [2.75, 3.05) is 32.7 Å². The van der Waals surface area contributed by atoms with Crippen molar-refractivity contribution in [1.29, 1.82) is 0 Å². The van der Waals surface area contributed by atoms with Crippen LogP contribution in [0.15, 0.2) is 36.7 Å². The second kappa shape index (κ2) is 9.07. The van der Waals surface area contributed by atoms with Crippen molar-refractivity contribution in [3.05, 3.63) is 64.6 Å². The summed E-state index contributed by atoms with van der Waals surface area (Å²) in [7, 11) is 0. The lowest BCUT2D eigenvalue weighted by Gasteiger charge is -2.35. The van der Waals surface area contributed by atoms with Gasteiger partial charge < -0.3 is 9.64 Å². The van der Waals surface area contributed by atoms with Crippen LogP contribution < -0.4 is 0 Å². The number of fused-ring (bicyclic) bond motifs is 1. The van der Waals surface area contributed by atoms with E-state index >= 15 is 0 Å². The minimum Gasteiger partial charge on any atom is -0.457 e. The molecule has 4 heterocycles. The first-order chi connectivity index (χ1) is 16.1. The minimum absolute atomic E-state index is 0.0788. The molecule has 10 heteroatoms. The van der Waals surface area contributed by atoms with Crippen molar-refractivity contribution in [1.82, 2.24) is 35.0 Å². The number of cyclic esters (lactones) is 1. The van der Waals surface area contributed by atoms with Crippen molar-refractivity contribution in [3.63, 3.8) is 0 Å². The maximum Gasteiger partial charge on any atom is 0.338 e. The van der Waals surface area contributed by atoms with Gasteiger partial charge in [0.2, 0.25) is 5.91 Å². The number of benzene rings is 1. The normalized spacial score (nSPS) is 16.0. The topological polar surface area (TPSA) is 106 Å². The number of amides is 1. The third-order valence-corrected chi connectivity index (χ3v) is 6.41. The van der Waals surface area contributed by atoms with Crippen LogP contribution in [0.1, 0.15) is 32.7 Å². The van der Waals surface area contributed by atoms with Crippen molar-refractivity contribution in [2.24, 2.45) is 0 Å². The summed E-state index contributed by atoms with van der Waals surface area (Å²) in [5.74, 6) is 0.445. The molecule has 2 aliphatic heterocycles. The van der Waals surface area contributed by atoms with Gasteiger partial charge in [-0.05, 0) is 53.1 Å². The van der Waals surface area contributed by atoms with Gasteiger partial charge in [-0.2, -0.15) is 4.68 Å². The second-order valence-electron chi connectivity index (χ2n) is 8.34. The lowest BCUT2D eigenvalue weighted by Crippen LogP contribution is -2.49. The van der Waals surface area contributed by atoms with E-state index < -0.39 is 0 Å². The molecule has 0 saturated carbocycles. The standard InChI is InChI=1S/C23H25N7O3/c1-16-17(5-6-19-20(16)14-33-23(19)32)7-8-28-9-11-29(12-10-28)22(31)13-18-3-2-4-21(25-18)30-15-24-26-27-30/h2-6,15H,7-14H2,1H3. The molecular formula is C23H25N7O3. The van der Waals surface area contributed by atoms with Crippen LogP contribution in [-0.4, -0.2) is 79.6 Å². The number of aromatic nitrogens is 5. The fourth-order valence-corrected chi connectivity index (χ4v) is 4.39. The number of pyridine rings is 1. The number of esters is 1. The quantitative estimate of drug-likeness (QED) is 0.515. The molecule has 3 aromatic rings. The van der Waals surface area contributed by atoms with Gasteiger partial charge in [-0.15, -0.1) is 5.10 Å². The number of hydrogen-bond acceptors (Lipinski definition) is 8. The maximum atomic E-state index is 12.8. The third kappa shape index (κ3) is 4.47. The molecule has 2 aliphatic rings. The van der Waals surface area contributed by atoms with E-state index in [0.717, 1.165) is 37.2 Å². The van der Waals surface area contributed by atoms with Gasteiger partial charge in [-0.25, -0.2) is 9.78 Å². The third-order valence-electron chi connectivity index (χ3n) is 6.41. The Morgan fingerprint density at radius 2 is 1.97 bits per heavy atom. The smallest absolute Gasteiger partial charge is 0.338 e. The highest BCUT2D eigenvalue weighted by molar-refractivity contribution is 5.93. The first kappa shape index (κ1) is 21.2. The monoisotopic (exact) mass is 447 g/mol. The Labute approximate surface area is 191 Å². The highest BCUT2D eigenvalue weighted by Gasteiger charge is 2.25. The Kier molecular flexibility index (Phi) is 5.82. The molecule has 0 N–H and O–H groups in total. The number of ether oxygens (including phenoxy) is 1. The molecule has 10 nitrogen and oxygen atoms in total. The summed E-state index contributed by atoms with van der Waals surface area (Å²) < 4.78 is 6.63. The minimum atomic E-state index is -0.224. The fourth-order valence-electron chi connectivity index (χ4n) is 4.39. The van der Waals surface area contributed by atoms with E-state index in [4.69, 9.17) is 4.74 Å². The SMILES string of the molecule is Cc1c(CCN2CCN(C(=O)Cc3cccc(-n4cnnn4)n3)CC2)ccc2c1COC2=O. The van der Waals surface area contributed by atoms with Crippen molar-refractivity contribution in [3.8, 4) is 5.82 Å². The van der Waals surface area contributed by atoms with Gasteiger partial charge in [0.1, 0.15) is 12.9 Å². The number of rotatable bonds is 6. The van der Waals surface area contributed by atoms with Crippen LogP contribution in [-0.2, 0) is 29.0 Å². The van der Waals surface area contributed by atoms with Gasteiger partial charge in [0.05, 0.1) is 17.7 Å². The molecule has 0 spiro atoms. The number of carbonyl (C=O) groups is 2. The largest absolute Gasteiger partial charge is 0.457 e. The summed E-state index contributed by atoms with van der Waals surface area (Å²) in [6.07, 6.45) is 2.64. The highest BCUT2D eigenvalue weighted by Crippen LogP contribution is 2.26. The number of carbonyl (C=O) groups excluding carboxylic acids is 2. The average molecular weight is 447 g/mol. The van der Waals surface area contributed by atoms with Crippen LogP contribution in [0.2, 0.25) is 0 Å². The molecule has 0 atom stereocenters. The van der Waals surface area contributed by atoms with Crippen LogP contribution in [0.5, 0.6) is 0 Å². The summed E-state index contributed by atoms with van der Waals surface area (Å²) in [5, 5.41) is 11.1. The molecular weight excluding hydrogens is 422 g/mol. The summed E-state index contributed by atoms with van der Waals surface area (Å²) in [5.41, 5.74) is 4.82. The van der Waals surface area contributed by atoms with Crippen LogP contribution in [0.4, 0.5) is 0 Å². The lowest BCUT2D eigenvalue weighted by molar-refractivity contribution is -0.132. The van der Waals surface area contributed by atoms with E-state index in [1.807, 2.05) is 29.2 Å². The van der Waals surface area contributed by atoms with Crippen LogP contribution in [0.25, 0.3) is 5.82 Å². The number of nitrogens with zero attached hydrogens (tertiary/aromatic N) is 7. The molecule has 1 saturated heterocycles. The Bertz CT molecular complexity index is 1170. The summed E-state index contributed by atoms with van der Waals surface area (Å²) in [6.45, 7) is 6.46. The van der Waals surface area contributed by atoms with E-state index in [-0.39, 0.29) is 18.3 Å². The molecule has 0 aliphatic carbocycles. The molecule has 5 rings (SSSR count). The predicted octanol–water partition coefficient (Wildman–Crippen LogP) is 0.966. The Balaban J connectivity index is 1.12. The van der Waals surface area contributed by atoms with E-state index in [1.165, 1.54) is 16.6 Å². The molecule has 0 radical (unpaired) electrons. The fraction of sp³-hybridized carbons (Fsp3) is 0.391. The Morgan fingerprint density at radius 1 is 1.12 bits per heavy atom. The Morgan fingerprint density at radius 3 is 2.76 bits per heavy atom. The van der Waals surface area contributed by atoms with Gasteiger partial charge in [0, 0.05) is 38.3 Å². The highest BCUT2D eigenvalue weighted by atomic mass is 16.5. The lowest BCUT2D eigenvalue weighted by atomic mass is 9.96. The van der Waals surface area contributed by atoms with E-state index in [0.29, 0.717) is 36.8 Å². The molecule has 1 aromatic carbocycles. The van der Waals surface area contributed by atoms with E-state index in [9.17, 15) is 9.59 Å². The van der Waals surface area contributed by atoms with Gasteiger partial charge in [0.15, 0.2) is 5.82 Å². The first-order valence-corrected chi connectivity index (χ1v) is 11.1. The van der Waals surface area contributed by atoms with Gasteiger partial charge in [0.25, 0.3) is 0 Å². The van der Waals surface area contributed by atoms with Crippen LogP contribution >= 0.6 is 0 Å². The summed E-state index contributed by atoms with van der Waals surface area (Å²) in [4.78, 5) is 33.3. The number of hydrogen-bond donors (Lipinski definition) is 0. The molecule has 0 unspecified atom stereocenters. The molecule has 1 fully saturated rings. The molecule has 2 aromatic heterocycles. The average Bonchev–Trinajstić information content (AvgIpc) is 3.50. The summed E-state index contributed by atoms with van der Waals surface area (Å²) >= 11 is 0. The predicted molar refractivity (Wildman–Crippen MR) is 118 cm³/mol. The Hall–Kier alpha value is -3.66. The van der Waals surface area contributed by atoms with E-state index in [1.54, 1.807) is 6.07 Å². The molecule has 170 valence electrons. The molecule has 1 amide bonds. The molecule has 33 heavy (non-hydrogen) atoms. The maximum absolute atomic E-state index is 12.8. The zero-order valence-corrected chi connectivity index (χ0v) is 18.5. The number of piperazine rings is 1. The molecule has 0 bridgehead atoms. The number of tetrazole rings is 1. The summed E-state index contributed by atoms with van der Waals surface area (Å²) in [6, 6.07) is 9.42. The van der Waals surface area contributed by atoms with Crippen molar-refractivity contribution >= 4 is 11.9 Å². The second-order valence-corrected chi connectivity index (χ2v) is 8.34. The van der Waals surface area contributed by atoms with Crippen LogP contribution in [0, 0.1) is 6.92 Å². The van der Waals surface area contributed by atoms with Gasteiger partial charge >= 0.3 is 5.97 Å². The van der Waals surface area contributed by atoms with E-state index in [2.05, 4.69) is 32.3 Å². The first-order valence-electron chi connectivity index (χ1n) is 11.1.